The number of nitrogens with one attached hydrogen (secondary N) is 2. The SMILES string of the molecule is Cc1ccc(C(O)=[NH+]c2ccc(CN3CCN(C)CC3)c(C(F)(F)F)c2)cc1C#Cc1ccc(-c2ncc[nH]2)nc1. The molecule has 0 amide bonds. The van der Waals surface area contributed by atoms with E-state index in [-0.39, 0.29) is 23.7 Å². The Hall–Kier alpha value is -4.46. The second-order valence-corrected chi connectivity index (χ2v) is 10.1. The van der Waals surface area contributed by atoms with Gasteiger partial charge in [-0.25, -0.2) is 4.98 Å². The number of likely N-dealkylation sites (N-methyl/N-ethyl adjacent to an activating group) is 1. The van der Waals surface area contributed by atoms with Crippen LogP contribution in [0, 0.1) is 18.8 Å². The summed E-state index contributed by atoms with van der Waals surface area (Å²) in [4.78, 5) is 18.5. The Balaban J connectivity index is 1.36. The summed E-state index contributed by atoms with van der Waals surface area (Å²) in [5, 5.41) is 10.8. The molecule has 2 aromatic heterocycles. The molecule has 0 spiro atoms. The number of alkyl halides is 3. The van der Waals surface area contributed by atoms with Crippen molar-refractivity contribution in [2.75, 3.05) is 33.2 Å². The highest BCUT2D eigenvalue weighted by atomic mass is 19.4. The molecule has 2 aromatic carbocycles. The number of rotatable bonds is 5. The zero-order valence-electron chi connectivity index (χ0n) is 22.8. The van der Waals surface area contributed by atoms with Crippen LogP contribution in [-0.4, -0.2) is 69.0 Å². The summed E-state index contributed by atoms with van der Waals surface area (Å²) in [6.07, 6.45) is 0.511. The van der Waals surface area contributed by atoms with Gasteiger partial charge in [0.25, 0.3) is 0 Å². The van der Waals surface area contributed by atoms with E-state index in [4.69, 9.17) is 0 Å². The third-order valence-electron chi connectivity index (χ3n) is 7.02. The van der Waals surface area contributed by atoms with Crippen LogP contribution in [-0.2, 0) is 12.7 Å². The van der Waals surface area contributed by atoms with Gasteiger partial charge in [-0.1, -0.05) is 24.0 Å². The molecule has 1 aliphatic rings. The maximum Gasteiger partial charge on any atom is 0.416 e. The van der Waals surface area contributed by atoms with Crippen molar-refractivity contribution in [1.82, 2.24) is 24.8 Å². The van der Waals surface area contributed by atoms with Gasteiger partial charge in [0.2, 0.25) is 5.69 Å². The van der Waals surface area contributed by atoms with E-state index >= 15 is 0 Å². The molecule has 1 aliphatic heterocycles. The number of benzene rings is 2. The first-order valence-corrected chi connectivity index (χ1v) is 13.2. The van der Waals surface area contributed by atoms with Crippen LogP contribution in [0.25, 0.3) is 11.5 Å². The second-order valence-electron chi connectivity index (χ2n) is 10.1. The zero-order chi connectivity index (χ0) is 29.0. The van der Waals surface area contributed by atoms with E-state index in [0.717, 1.165) is 24.7 Å². The molecule has 210 valence electrons. The molecule has 0 bridgehead atoms. The van der Waals surface area contributed by atoms with Crippen LogP contribution in [0.5, 0.6) is 0 Å². The van der Waals surface area contributed by atoms with E-state index in [2.05, 4.69) is 36.7 Å². The molecular weight excluding hydrogens is 529 g/mol. The largest absolute Gasteiger partial charge is 0.459 e. The number of H-pyrrole nitrogens is 1. The highest BCUT2D eigenvalue weighted by Gasteiger charge is 2.35. The molecule has 1 fully saturated rings. The average Bonchev–Trinajstić information content (AvgIpc) is 3.49. The van der Waals surface area contributed by atoms with Gasteiger partial charge in [-0.15, -0.1) is 0 Å². The molecule has 1 saturated heterocycles. The van der Waals surface area contributed by atoms with Crippen molar-refractivity contribution in [3.63, 3.8) is 0 Å². The summed E-state index contributed by atoms with van der Waals surface area (Å²) in [5.41, 5.74) is 3.02. The van der Waals surface area contributed by atoms with E-state index in [1.165, 1.54) is 6.07 Å². The van der Waals surface area contributed by atoms with Gasteiger partial charge >= 0.3 is 12.1 Å². The van der Waals surface area contributed by atoms with Crippen molar-refractivity contribution in [2.45, 2.75) is 19.6 Å². The Morgan fingerprint density at radius 2 is 1.83 bits per heavy atom. The Bertz CT molecular complexity index is 1590. The fraction of sp³-hybridized carbons (Fsp3) is 0.258. The quantitative estimate of drug-likeness (QED) is 0.198. The van der Waals surface area contributed by atoms with Gasteiger partial charge in [-0.05, 0) is 49.4 Å². The summed E-state index contributed by atoms with van der Waals surface area (Å²) in [6.45, 7) is 5.19. The number of imidazole rings is 1. The maximum absolute atomic E-state index is 14.0. The summed E-state index contributed by atoms with van der Waals surface area (Å²) < 4.78 is 41.9. The first-order chi connectivity index (χ1) is 19.7. The number of aromatic nitrogens is 3. The predicted molar refractivity (Wildman–Crippen MR) is 151 cm³/mol. The minimum Gasteiger partial charge on any atom is -0.459 e. The topological polar surface area (TPSA) is 82.3 Å². The molecule has 0 saturated carbocycles. The predicted octanol–water partition coefficient (Wildman–Crippen LogP) is 3.66. The van der Waals surface area contributed by atoms with Gasteiger partial charge in [0, 0.05) is 74.6 Å². The van der Waals surface area contributed by atoms with Gasteiger partial charge in [-0.2, -0.15) is 18.2 Å². The van der Waals surface area contributed by atoms with Crippen molar-refractivity contribution in [3.8, 4) is 23.4 Å². The summed E-state index contributed by atoms with van der Waals surface area (Å²) in [7, 11) is 2.00. The third-order valence-corrected chi connectivity index (χ3v) is 7.02. The fourth-order valence-electron chi connectivity index (χ4n) is 4.57. The summed E-state index contributed by atoms with van der Waals surface area (Å²) in [5.74, 6) is 6.57. The summed E-state index contributed by atoms with van der Waals surface area (Å²) >= 11 is 0. The number of piperazine rings is 1. The molecule has 4 aromatic rings. The monoisotopic (exact) mass is 559 g/mol. The molecule has 41 heavy (non-hydrogen) atoms. The molecular formula is C31H30F3N6O+. The van der Waals surface area contributed by atoms with E-state index in [1.807, 2.05) is 31.0 Å². The number of aryl methyl sites for hydroxylation is 1. The van der Waals surface area contributed by atoms with Crippen LogP contribution in [0.4, 0.5) is 18.9 Å². The van der Waals surface area contributed by atoms with Crippen LogP contribution in [0.15, 0.2) is 67.1 Å². The van der Waals surface area contributed by atoms with Gasteiger partial charge in [0.15, 0.2) is 5.82 Å². The Morgan fingerprint density at radius 3 is 2.51 bits per heavy atom. The number of aromatic amines is 1. The number of halogens is 3. The lowest BCUT2D eigenvalue weighted by molar-refractivity contribution is -0.364. The lowest BCUT2D eigenvalue weighted by Crippen LogP contribution is -2.66. The number of aliphatic hydroxyl groups is 1. The van der Waals surface area contributed by atoms with Crippen molar-refractivity contribution in [3.05, 3.63) is 101 Å². The van der Waals surface area contributed by atoms with Crippen LogP contribution >= 0.6 is 0 Å². The van der Waals surface area contributed by atoms with E-state index in [1.54, 1.807) is 42.9 Å². The Kier molecular flexibility index (Phi) is 8.19. The van der Waals surface area contributed by atoms with Gasteiger partial charge in [0.1, 0.15) is 5.69 Å². The van der Waals surface area contributed by atoms with Crippen LogP contribution < -0.4 is 4.99 Å². The molecule has 0 radical (unpaired) electrons. The number of pyridine rings is 1. The molecule has 3 heterocycles. The molecule has 7 nitrogen and oxygen atoms in total. The molecule has 5 rings (SSSR count). The Labute approximate surface area is 236 Å². The molecule has 0 atom stereocenters. The Morgan fingerprint density at radius 1 is 1.02 bits per heavy atom. The lowest BCUT2D eigenvalue weighted by Gasteiger charge is -2.32. The molecule has 0 unspecified atom stereocenters. The van der Waals surface area contributed by atoms with Gasteiger partial charge in [-0.3, -0.25) is 9.88 Å². The number of aliphatic hydroxyl groups excluding tert-OH is 1. The van der Waals surface area contributed by atoms with E-state index in [0.29, 0.717) is 41.3 Å². The van der Waals surface area contributed by atoms with Gasteiger partial charge < -0.3 is 15.0 Å². The highest BCUT2D eigenvalue weighted by Crippen LogP contribution is 2.33. The van der Waals surface area contributed by atoms with Crippen LogP contribution in [0.2, 0.25) is 0 Å². The summed E-state index contributed by atoms with van der Waals surface area (Å²) in [6, 6.07) is 12.9. The van der Waals surface area contributed by atoms with Crippen molar-refractivity contribution in [2.24, 2.45) is 0 Å². The molecule has 0 aliphatic carbocycles. The van der Waals surface area contributed by atoms with Crippen molar-refractivity contribution in [1.29, 1.82) is 0 Å². The van der Waals surface area contributed by atoms with Crippen LogP contribution in [0.3, 0.4) is 0 Å². The zero-order valence-corrected chi connectivity index (χ0v) is 22.8. The first-order valence-electron chi connectivity index (χ1n) is 13.2. The molecule has 10 heteroatoms. The third kappa shape index (κ3) is 7.01. The average molecular weight is 560 g/mol. The maximum atomic E-state index is 14.0. The normalized spacial score (nSPS) is 15.0. The van der Waals surface area contributed by atoms with Gasteiger partial charge in [0.05, 0.1) is 11.1 Å². The number of nitrogens with zero attached hydrogens (tertiary/aromatic N) is 4. The standard InChI is InChI=1S/C31H29F3N6O/c1-21-3-6-24(17-23(21)7-4-22-5-10-28(37-19-22)29-35-11-12-36-29)30(41)38-26-9-8-25(27(18-26)31(32,33)34)20-40-15-13-39(2)14-16-40/h3,5-6,8-12,17-19H,13-16,20H2,1-2H3,(H,35,36)(H,38,41)/p+1. The van der Waals surface area contributed by atoms with Crippen molar-refractivity contribution >= 4 is 11.6 Å². The second kappa shape index (κ2) is 12.0. The number of hydrogen-bond donors (Lipinski definition) is 3. The van der Waals surface area contributed by atoms with Crippen LogP contribution in [0.1, 0.15) is 33.4 Å². The molecule has 3 N–H and O–H groups in total. The minimum atomic E-state index is -4.52. The van der Waals surface area contributed by atoms with E-state index < -0.39 is 11.7 Å². The van der Waals surface area contributed by atoms with Crippen molar-refractivity contribution < 1.29 is 23.3 Å². The fourth-order valence-corrected chi connectivity index (χ4v) is 4.57. The number of hydrogen-bond acceptors (Lipinski definition) is 4. The van der Waals surface area contributed by atoms with E-state index in [9.17, 15) is 18.3 Å². The highest BCUT2D eigenvalue weighted by molar-refractivity contribution is 5.89. The first kappa shape index (κ1) is 28.1. The minimum absolute atomic E-state index is 0.146. The smallest absolute Gasteiger partial charge is 0.416 e. The lowest BCUT2D eigenvalue weighted by atomic mass is 10.0.